The van der Waals surface area contributed by atoms with Gasteiger partial charge in [-0.3, -0.25) is 0 Å². The smallest absolute Gasteiger partial charge is 1.00 e. The van der Waals surface area contributed by atoms with Crippen LogP contribution in [-0.2, 0) is 41.8 Å². The van der Waals surface area contributed by atoms with Crippen molar-refractivity contribution in [3.05, 3.63) is 93.2 Å². The van der Waals surface area contributed by atoms with Gasteiger partial charge in [0.05, 0.1) is 0 Å². The second kappa shape index (κ2) is 17.3. The zero-order valence-electron chi connectivity index (χ0n) is 29.2. The predicted molar refractivity (Wildman–Crippen MR) is 191 cm³/mol. The van der Waals surface area contributed by atoms with Crippen LogP contribution in [0.3, 0.4) is 0 Å². The minimum atomic E-state index is -1.45. The van der Waals surface area contributed by atoms with Crippen LogP contribution in [0, 0.1) is 0 Å². The Bertz CT molecular complexity index is 1180. The average molecular weight is 848 g/mol. The van der Waals surface area contributed by atoms with Gasteiger partial charge in [0.15, 0.2) is 0 Å². The largest absolute Gasteiger partial charge is 1.00 e. The normalized spacial score (nSPS) is 29.0. The number of allylic oxidation sites excluding steroid dienone is 16. The fourth-order valence-corrected chi connectivity index (χ4v) is 54.1. The maximum Gasteiger partial charge on any atom is -1.00 e. The summed E-state index contributed by atoms with van der Waals surface area (Å²) in [4.78, 5) is 0. The molecule has 0 radical (unpaired) electrons. The van der Waals surface area contributed by atoms with Gasteiger partial charge in [-0.05, 0) is 0 Å². The molecule has 4 atom stereocenters. The Kier molecular flexibility index (Phi) is 14.3. The Hall–Kier alpha value is 0.700. The summed E-state index contributed by atoms with van der Waals surface area (Å²) in [6, 6.07) is 0. The predicted octanol–water partition coefficient (Wildman–Crippen LogP) is 6.10. The van der Waals surface area contributed by atoms with Crippen molar-refractivity contribution in [3.8, 4) is 0 Å². The first-order chi connectivity index (χ1) is 21.5. The summed E-state index contributed by atoms with van der Waals surface area (Å²) in [6.07, 6.45) is 43.8. The number of hydrogen-bond acceptors (Lipinski definition) is 0. The summed E-state index contributed by atoms with van der Waals surface area (Å²) >= 11 is -2.89. The van der Waals surface area contributed by atoms with Gasteiger partial charge < -0.3 is 24.8 Å². The fraction of sp³-hybridized carbons (Fsp3) is 0.600. The van der Waals surface area contributed by atoms with Crippen molar-refractivity contribution in [1.82, 2.24) is 0 Å². The van der Waals surface area contributed by atoms with Crippen molar-refractivity contribution < 1.29 is 66.6 Å². The zero-order chi connectivity index (χ0) is 30.2. The topological polar surface area (TPSA) is 0 Å². The van der Waals surface area contributed by atoms with Crippen molar-refractivity contribution in [1.29, 1.82) is 0 Å². The molecule has 0 spiro atoms. The van der Waals surface area contributed by atoms with Crippen LogP contribution in [0.2, 0.25) is 40.7 Å². The molecule has 248 valence electrons. The van der Waals surface area contributed by atoms with Gasteiger partial charge in [-0.15, -0.1) is 0 Å². The van der Waals surface area contributed by atoms with Gasteiger partial charge in [0.1, 0.15) is 0 Å². The summed E-state index contributed by atoms with van der Waals surface area (Å²) in [6.45, 7) is 10.7. The van der Waals surface area contributed by atoms with Crippen LogP contribution in [0.25, 0.3) is 0 Å². The molecule has 0 aromatic rings. The van der Waals surface area contributed by atoms with E-state index in [1.54, 1.807) is 22.3 Å². The van der Waals surface area contributed by atoms with Gasteiger partial charge >= 0.3 is 290 Å². The molecule has 8 aliphatic carbocycles. The van der Waals surface area contributed by atoms with E-state index in [4.69, 9.17) is 0 Å². The molecule has 6 heteroatoms. The van der Waals surface area contributed by atoms with Crippen molar-refractivity contribution in [2.24, 2.45) is 0 Å². The van der Waals surface area contributed by atoms with Crippen LogP contribution in [0.1, 0.15) is 103 Å². The third-order valence-electron chi connectivity index (χ3n) is 12.4. The van der Waals surface area contributed by atoms with Crippen LogP contribution in [0.15, 0.2) is 93.2 Å². The fourth-order valence-electron chi connectivity index (χ4n) is 10.4. The van der Waals surface area contributed by atoms with E-state index in [2.05, 4.69) is 74.8 Å². The summed E-state index contributed by atoms with van der Waals surface area (Å²) in [5.41, 5.74) is 14.8. The third-order valence-corrected chi connectivity index (χ3v) is 55.7. The molecule has 0 saturated carbocycles. The van der Waals surface area contributed by atoms with E-state index < -0.39 is 53.7 Å². The van der Waals surface area contributed by atoms with Crippen molar-refractivity contribution in [3.63, 3.8) is 0 Å². The standard InChI is InChI=1S/4C9H11.2C2H7Si.2ClH.2Zr/c4*1-2-5-9-7-3-6-8(9)4-1;2*1-3-2;;;;/h4*3,6-7H,1-2,4-5H2;2*3H,1-2H3;2*1H;;/q;;;;;;;;2*+1/p-2. The van der Waals surface area contributed by atoms with E-state index in [0.717, 1.165) is 14.5 Å². The molecule has 0 bridgehead atoms. The molecule has 0 fully saturated rings. The van der Waals surface area contributed by atoms with Gasteiger partial charge in [0, 0.05) is 0 Å². The maximum atomic E-state index is 2.69. The molecule has 0 aromatic heterocycles. The number of hydrogen-bond donors (Lipinski definition) is 0. The molecular weight excluding hydrogens is 790 g/mol. The number of halogens is 2. The van der Waals surface area contributed by atoms with E-state index in [1.807, 2.05) is 22.3 Å². The zero-order valence-corrected chi connectivity index (χ0v) is 37.9. The van der Waals surface area contributed by atoms with Crippen molar-refractivity contribution >= 4 is 11.8 Å². The monoisotopic (exact) mass is 844 g/mol. The summed E-state index contributed by atoms with van der Waals surface area (Å²) < 4.78 is 3.92. The quantitative estimate of drug-likeness (QED) is 0.284. The Balaban J connectivity index is 0.000000174. The molecule has 8 rings (SSSR count). The first kappa shape index (κ1) is 37.9. The molecule has 0 nitrogen and oxygen atoms in total. The molecule has 0 N–H and O–H groups in total. The Morgan fingerprint density at radius 1 is 0.391 bits per heavy atom. The average Bonchev–Trinajstić information content (AvgIpc) is 3.84. The van der Waals surface area contributed by atoms with E-state index in [0.29, 0.717) is 0 Å². The second-order valence-corrected chi connectivity index (χ2v) is 56.3. The molecule has 0 saturated heterocycles. The first-order valence-electron chi connectivity index (χ1n) is 18.8. The van der Waals surface area contributed by atoms with E-state index in [1.165, 1.54) is 103 Å². The van der Waals surface area contributed by atoms with Crippen LogP contribution in [0.4, 0.5) is 0 Å². The molecule has 0 aromatic carbocycles. The maximum absolute atomic E-state index is 2.69. The van der Waals surface area contributed by atoms with Crippen LogP contribution in [-0.4, -0.2) is 11.8 Å². The first-order valence-corrected chi connectivity index (χ1v) is 38.8. The van der Waals surface area contributed by atoms with Crippen LogP contribution in [0.5, 0.6) is 0 Å². The van der Waals surface area contributed by atoms with E-state index >= 15 is 0 Å². The minimum absolute atomic E-state index is 0. The molecule has 8 aliphatic rings. The van der Waals surface area contributed by atoms with Crippen molar-refractivity contribution in [2.75, 3.05) is 0 Å². The van der Waals surface area contributed by atoms with E-state index in [9.17, 15) is 0 Å². The van der Waals surface area contributed by atoms with Gasteiger partial charge in [0.25, 0.3) is 0 Å². The minimum Gasteiger partial charge on any atom is -1.00 e. The number of rotatable bonds is 6. The molecular formula is C40H58Cl2Si2Zr2. The Morgan fingerprint density at radius 3 is 0.826 bits per heavy atom. The molecule has 0 aliphatic heterocycles. The molecule has 0 amide bonds. The van der Waals surface area contributed by atoms with Gasteiger partial charge in [0.2, 0.25) is 0 Å². The van der Waals surface area contributed by atoms with Gasteiger partial charge in [-0.2, -0.15) is 0 Å². The molecule has 4 unspecified atom stereocenters. The molecule has 0 heterocycles. The molecule has 46 heavy (non-hydrogen) atoms. The van der Waals surface area contributed by atoms with E-state index in [-0.39, 0.29) is 24.8 Å². The van der Waals surface area contributed by atoms with Crippen LogP contribution >= 0.6 is 0 Å². The summed E-state index contributed by atoms with van der Waals surface area (Å²) in [7, 11) is 0. The van der Waals surface area contributed by atoms with Gasteiger partial charge in [-0.25, -0.2) is 0 Å². The summed E-state index contributed by atoms with van der Waals surface area (Å²) in [5, 5.41) is 0. The Labute approximate surface area is 311 Å². The summed E-state index contributed by atoms with van der Waals surface area (Å²) in [5.74, 6) is -0.999. The SMILES string of the molecule is C[SiH](C)[Zr+]([CH]1C=CC2=C1CCCC2)[CH]1C=CC2=C1CCCC2.C[SiH](C)[Zr+]([CH]1C=CC2=C1CCCC2)[CH]1C=CC2=C1CCCC2.[Cl-].[Cl-]. The third kappa shape index (κ3) is 7.79. The second-order valence-electron chi connectivity index (χ2n) is 15.7. The van der Waals surface area contributed by atoms with Gasteiger partial charge in [-0.1, -0.05) is 0 Å². The van der Waals surface area contributed by atoms with Crippen LogP contribution < -0.4 is 24.8 Å². The van der Waals surface area contributed by atoms with Crippen molar-refractivity contribution in [2.45, 2.75) is 143 Å². The Morgan fingerprint density at radius 2 is 0.609 bits per heavy atom.